The number of carbonyl (C=O) groups excluding carboxylic acids is 1. The molecule has 1 aromatic carbocycles. The lowest BCUT2D eigenvalue weighted by Gasteiger charge is -2.38. The van der Waals surface area contributed by atoms with E-state index in [1.54, 1.807) is 0 Å². The fraction of sp³-hybridized carbons (Fsp3) is 0.588. The zero-order chi connectivity index (χ0) is 15.5. The van der Waals surface area contributed by atoms with Crippen molar-refractivity contribution in [1.82, 2.24) is 10.6 Å². The molecule has 2 N–H and O–H groups in total. The fourth-order valence-electron chi connectivity index (χ4n) is 2.35. The molecule has 1 heterocycles. The van der Waals surface area contributed by atoms with Crippen LogP contribution in [0.5, 0.6) is 0 Å². The zero-order valence-corrected chi connectivity index (χ0v) is 13.4. The van der Waals surface area contributed by atoms with E-state index in [1.165, 1.54) is 5.56 Å². The van der Waals surface area contributed by atoms with Crippen LogP contribution >= 0.6 is 0 Å². The highest BCUT2D eigenvalue weighted by atomic mass is 16.5. The van der Waals surface area contributed by atoms with Crippen LogP contribution < -0.4 is 10.6 Å². The second-order valence-electron chi connectivity index (χ2n) is 6.45. The van der Waals surface area contributed by atoms with Crippen molar-refractivity contribution in [2.45, 2.75) is 45.3 Å². The normalized spacial score (nSPS) is 18.1. The number of hydrogen-bond acceptors (Lipinski definition) is 3. The van der Waals surface area contributed by atoms with Crippen LogP contribution in [0.15, 0.2) is 24.3 Å². The minimum Gasteiger partial charge on any atom is -0.363 e. The maximum atomic E-state index is 11.9. The number of nitrogens with one attached hydrogen (secondary N) is 2. The monoisotopic (exact) mass is 290 g/mol. The van der Waals surface area contributed by atoms with Crippen molar-refractivity contribution in [2.75, 3.05) is 19.7 Å². The molecule has 0 aromatic heterocycles. The molecule has 1 aromatic rings. The minimum absolute atomic E-state index is 0.00497. The van der Waals surface area contributed by atoms with Gasteiger partial charge in [-0.2, -0.15) is 0 Å². The Bertz CT molecular complexity index is 478. The van der Waals surface area contributed by atoms with Crippen LogP contribution in [-0.4, -0.2) is 31.2 Å². The quantitative estimate of drug-likeness (QED) is 0.845. The molecule has 1 unspecified atom stereocenters. The highest BCUT2D eigenvalue weighted by Crippen LogP contribution is 2.19. The summed E-state index contributed by atoms with van der Waals surface area (Å²) in [5, 5.41) is 6.13. The van der Waals surface area contributed by atoms with Crippen molar-refractivity contribution in [3.8, 4) is 0 Å². The van der Waals surface area contributed by atoms with Crippen LogP contribution in [0.2, 0.25) is 0 Å². The maximum absolute atomic E-state index is 11.9. The summed E-state index contributed by atoms with van der Waals surface area (Å²) in [6.45, 7) is 10.1. The molecule has 1 aliphatic rings. The van der Waals surface area contributed by atoms with Gasteiger partial charge in [-0.25, -0.2) is 0 Å². The van der Waals surface area contributed by atoms with Gasteiger partial charge in [0.25, 0.3) is 0 Å². The predicted molar refractivity (Wildman–Crippen MR) is 84.3 cm³/mol. The molecule has 4 nitrogen and oxygen atoms in total. The van der Waals surface area contributed by atoms with Crippen molar-refractivity contribution < 1.29 is 9.53 Å². The topological polar surface area (TPSA) is 50.4 Å². The molecular weight excluding hydrogens is 264 g/mol. The van der Waals surface area contributed by atoms with E-state index < -0.39 is 0 Å². The second-order valence-corrected chi connectivity index (χ2v) is 6.45. The summed E-state index contributed by atoms with van der Waals surface area (Å²) in [5.41, 5.74) is 2.25. The zero-order valence-electron chi connectivity index (χ0n) is 13.4. The van der Waals surface area contributed by atoms with Gasteiger partial charge < -0.3 is 15.4 Å². The molecular formula is C17H26N2O2. The summed E-state index contributed by atoms with van der Waals surface area (Å²) < 4.78 is 5.64. The first-order valence-corrected chi connectivity index (χ1v) is 7.63. The molecule has 1 atom stereocenters. The first-order chi connectivity index (χ1) is 9.89. The van der Waals surface area contributed by atoms with E-state index in [-0.39, 0.29) is 24.2 Å². The summed E-state index contributed by atoms with van der Waals surface area (Å²) in [6.07, 6.45) is 0. The lowest BCUT2D eigenvalue weighted by atomic mass is 9.99. The Balaban J connectivity index is 1.82. The molecule has 0 radical (unpaired) electrons. The molecule has 1 fully saturated rings. The van der Waals surface area contributed by atoms with Crippen LogP contribution in [0.1, 0.15) is 50.8 Å². The molecule has 1 aliphatic heterocycles. The first-order valence-electron chi connectivity index (χ1n) is 7.63. The van der Waals surface area contributed by atoms with Crippen LogP contribution in [0.4, 0.5) is 0 Å². The van der Waals surface area contributed by atoms with E-state index in [9.17, 15) is 4.79 Å². The summed E-state index contributed by atoms with van der Waals surface area (Å²) >= 11 is 0. The minimum atomic E-state index is -0.181. The van der Waals surface area contributed by atoms with E-state index in [1.807, 2.05) is 13.8 Å². The summed E-state index contributed by atoms with van der Waals surface area (Å²) in [7, 11) is 0. The van der Waals surface area contributed by atoms with E-state index in [0.29, 0.717) is 5.92 Å². The Morgan fingerprint density at radius 2 is 1.81 bits per heavy atom. The third kappa shape index (κ3) is 4.29. The lowest BCUT2D eigenvalue weighted by Crippen LogP contribution is -2.59. The summed E-state index contributed by atoms with van der Waals surface area (Å²) in [4.78, 5) is 11.9. The standard InChI is InChI=1S/C17H26N2O2/c1-12(2)14-5-7-15(8-6-14)13(3)19-16(20)9-21-17(4)10-18-11-17/h5-8,12-13,18H,9-11H2,1-4H3,(H,19,20). The number of benzene rings is 1. The Morgan fingerprint density at radius 1 is 1.24 bits per heavy atom. The van der Waals surface area contributed by atoms with Gasteiger partial charge in [-0.15, -0.1) is 0 Å². The van der Waals surface area contributed by atoms with E-state index in [2.05, 4.69) is 48.7 Å². The molecule has 0 saturated carbocycles. The lowest BCUT2D eigenvalue weighted by molar-refractivity contribution is -0.136. The van der Waals surface area contributed by atoms with Gasteiger partial charge in [0.2, 0.25) is 5.91 Å². The largest absolute Gasteiger partial charge is 0.363 e. The Labute approximate surface area is 127 Å². The van der Waals surface area contributed by atoms with Crippen LogP contribution in [0, 0.1) is 0 Å². The third-order valence-electron chi connectivity index (χ3n) is 4.03. The fourth-order valence-corrected chi connectivity index (χ4v) is 2.35. The van der Waals surface area contributed by atoms with E-state index in [4.69, 9.17) is 4.74 Å². The van der Waals surface area contributed by atoms with Gasteiger partial charge in [0.1, 0.15) is 6.61 Å². The highest BCUT2D eigenvalue weighted by Gasteiger charge is 2.33. The van der Waals surface area contributed by atoms with Gasteiger partial charge in [-0.3, -0.25) is 4.79 Å². The maximum Gasteiger partial charge on any atom is 0.246 e. The van der Waals surface area contributed by atoms with Crippen molar-refractivity contribution in [3.05, 3.63) is 35.4 Å². The van der Waals surface area contributed by atoms with E-state index in [0.717, 1.165) is 18.7 Å². The third-order valence-corrected chi connectivity index (χ3v) is 4.03. The smallest absolute Gasteiger partial charge is 0.246 e. The van der Waals surface area contributed by atoms with Crippen molar-refractivity contribution >= 4 is 5.91 Å². The predicted octanol–water partition coefficient (Wildman–Crippen LogP) is 2.37. The van der Waals surface area contributed by atoms with Gasteiger partial charge >= 0.3 is 0 Å². The average molecular weight is 290 g/mol. The van der Waals surface area contributed by atoms with Crippen LogP contribution in [-0.2, 0) is 9.53 Å². The van der Waals surface area contributed by atoms with Crippen LogP contribution in [0.3, 0.4) is 0 Å². The summed E-state index contributed by atoms with van der Waals surface area (Å²) in [5.74, 6) is 0.456. The van der Waals surface area contributed by atoms with Gasteiger partial charge in [-0.05, 0) is 30.9 Å². The molecule has 0 aliphatic carbocycles. The Hall–Kier alpha value is -1.39. The molecule has 0 bridgehead atoms. The average Bonchev–Trinajstić information content (AvgIpc) is 2.43. The highest BCUT2D eigenvalue weighted by molar-refractivity contribution is 5.77. The number of carbonyl (C=O) groups is 1. The molecule has 1 saturated heterocycles. The summed E-state index contributed by atoms with van der Waals surface area (Å²) in [6, 6.07) is 8.41. The van der Waals surface area contributed by atoms with Crippen molar-refractivity contribution in [3.63, 3.8) is 0 Å². The van der Waals surface area contributed by atoms with Crippen molar-refractivity contribution in [1.29, 1.82) is 0 Å². The molecule has 0 spiro atoms. The van der Waals surface area contributed by atoms with Crippen molar-refractivity contribution in [2.24, 2.45) is 0 Å². The Kier molecular flexibility index (Phi) is 5.01. The van der Waals surface area contributed by atoms with E-state index >= 15 is 0 Å². The molecule has 116 valence electrons. The molecule has 2 rings (SSSR count). The molecule has 1 amide bonds. The SMILES string of the molecule is CC(C)c1ccc(C(C)NC(=O)COC2(C)CNC2)cc1. The van der Waals surface area contributed by atoms with Gasteiger partial charge in [0.05, 0.1) is 11.6 Å². The second kappa shape index (κ2) is 6.58. The molecule has 4 heteroatoms. The van der Waals surface area contributed by atoms with Gasteiger partial charge in [0, 0.05) is 13.1 Å². The number of rotatable bonds is 6. The number of amides is 1. The molecule has 21 heavy (non-hydrogen) atoms. The number of ether oxygens (including phenoxy) is 1. The van der Waals surface area contributed by atoms with Crippen LogP contribution in [0.25, 0.3) is 0 Å². The van der Waals surface area contributed by atoms with Gasteiger partial charge in [-0.1, -0.05) is 38.1 Å². The first kappa shape index (κ1) is 16.0. The Morgan fingerprint density at radius 3 is 2.29 bits per heavy atom. The van der Waals surface area contributed by atoms with Gasteiger partial charge in [0.15, 0.2) is 0 Å². The number of hydrogen-bond donors (Lipinski definition) is 2.